The highest BCUT2D eigenvalue weighted by Gasteiger charge is 2.14. The molecule has 0 unspecified atom stereocenters. The lowest BCUT2D eigenvalue weighted by atomic mass is 10.1. The molecule has 0 aliphatic carbocycles. The van der Waals surface area contributed by atoms with E-state index in [0.717, 1.165) is 10.3 Å². The number of hydrogen-bond donors (Lipinski definition) is 2. The maximum absolute atomic E-state index is 4.22. The minimum atomic E-state index is 0.150. The van der Waals surface area contributed by atoms with E-state index in [-0.39, 0.29) is 6.17 Å². The van der Waals surface area contributed by atoms with Gasteiger partial charge in [0, 0.05) is 23.2 Å². The lowest BCUT2D eigenvalue weighted by Crippen LogP contribution is -2.33. The first-order valence-corrected chi connectivity index (χ1v) is 6.83. The second kappa shape index (κ2) is 5.27. The van der Waals surface area contributed by atoms with Crippen molar-refractivity contribution in [3.8, 4) is 0 Å². The zero-order valence-corrected chi connectivity index (χ0v) is 10.8. The van der Waals surface area contributed by atoms with Crippen LogP contribution in [0, 0.1) is 5.92 Å². The third-order valence-electron chi connectivity index (χ3n) is 2.09. The quantitative estimate of drug-likeness (QED) is 0.805. The van der Waals surface area contributed by atoms with Crippen molar-refractivity contribution in [3.63, 3.8) is 0 Å². The minimum absolute atomic E-state index is 0.150. The van der Waals surface area contributed by atoms with Crippen LogP contribution in [0.5, 0.6) is 0 Å². The Hall–Kier alpha value is -1.14. The van der Waals surface area contributed by atoms with E-state index in [2.05, 4.69) is 34.4 Å². The summed E-state index contributed by atoms with van der Waals surface area (Å²) in [6.45, 7) is 4.32. The van der Waals surface area contributed by atoms with Crippen LogP contribution in [-0.4, -0.2) is 16.1 Å². The molecule has 2 rings (SSSR count). The molecule has 0 saturated carbocycles. The highest BCUT2D eigenvalue weighted by molar-refractivity contribution is 7.14. The van der Waals surface area contributed by atoms with Crippen LogP contribution < -0.4 is 10.6 Å². The van der Waals surface area contributed by atoms with Crippen molar-refractivity contribution in [3.05, 3.63) is 23.2 Å². The Bertz CT molecular complexity index is 360. The second-order valence-corrected chi connectivity index (χ2v) is 5.47. The number of thiazole rings is 2. The van der Waals surface area contributed by atoms with Crippen molar-refractivity contribution in [1.29, 1.82) is 0 Å². The fourth-order valence-electron chi connectivity index (χ4n) is 1.22. The molecule has 0 saturated heterocycles. The number of nitrogens with one attached hydrogen (secondary N) is 2. The van der Waals surface area contributed by atoms with Crippen molar-refractivity contribution in [2.75, 3.05) is 10.6 Å². The van der Waals surface area contributed by atoms with Gasteiger partial charge in [0.1, 0.15) is 6.17 Å². The third kappa shape index (κ3) is 2.93. The Morgan fingerprint density at radius 2 is 1.50 bits per heavy atom. The zero-order valence-electron chi connectivity index (χ0n) is 9.18. The first kappa shape index (κ1) is 11.3. The Kier molecular flexibility index (Phi) is 3.74. The molecule has 6 heteroatoms. The molecule has 2 heterocycles. The summed E-state index contributed by atoms with van der Waals surface area (Å²) in [6, 6.07) is 0. The molecule has 2 aromatic rings. The Morgan fingerprint density at radius 3 is 1.81 bits per heavy atom. The molecular weight excluding hydrogens is 240 g/mol. The van der Waals surface area contributed by atoms with Crippen LogP contribution in [-0.2, 0) is 0 Å². The number of nitrogens with zero attached hydrogens (tertiary/aromatic N) is 2. The largest absolute Gasteiger partial charge is 0.341 e. The minimum Gasteiger partial charge on any atom is -0.341 e. The van der Waals surface area contributed by atoms with Crippen LogP contribution in [0.1, 0.15) is 13.8 Å². The van der Waals surface area contributed by atoms with Gasteiger partial charge in [0.15, 0.2) is 10.3 Å². The Balaban J connectivity index is 2.00. The third-order valence-corrected chi connectivity index (χ3v) is 3.50. The average molecular weight is 254 g/mol. The molecule has 0 spiro atoms. The van der Waals surface area contributed by atoms with Gasteiger partial charge in [0.05, 0.1) is 0 Å². The highest BCUT2D eigenvalue weighted by Crippen LogP contribution is 2.18. The Morgan fingerprint density at radius 1 is 1.00 bits per heavy atom. The van der Waals surface area contributed by atoms with Crippen LogP contribution in [0.25, 0.3) is 0 Å². The molecule has 0 aliphatic heterocycles. The van der Waals surface area contributed by atoms with Crippen LogP contribution >= 0.6 is 22.7 Å². The molecule has 2 N–H and O–H groups in total. The number of rotatable bonds is 5. The van der Waals surface area contributed by atoms with E-state index < -0.39 is 0 Å². The van der Waals surface area contributed by atoms with Crippen molar-refractivity contribution in [2.45, 2.75) is 20.0 Å². The molecule has 2 aromatic heterocycles. The molecular formula is C10H14N4S2. The normalized spacial score (nSPS) is 11.0. The summed E-state index contributed by atoms with van der Waals surface area (Å²) in [5.74, 6) is 0.452. The Labute approximate surface area is 103 Å². The molecule has 0 radical (unpaired) electrons. The van der Waals surface area contributed by atoms with Gasteiger partial charge in [-0.2, -0.15) is 0 Å². The molecule has 0 bridgehead atoms. The van der Waals surface area contributed by atoms with Gasteiger partial charge < -0.3 is 10.6 Å². The van der Waals surface area contributed by atoms with E-state index in [1.165, 1.54) is 0 Å². The smallest absolute Gasteiger partial charge is 0.184 e. The monoisotopic (exact) mass is 254 g/mol. The average Bonchev–Trinajstić information content (AvgIpc) is 2.88. The van der Waals surface area contributed by atoms with Gasteiger partial charge in [0.25, 0.3) is 0 Å². The van der Waals surface area contributed by atoms with Gasteiger partial charge >= 0.3 is 0 Å². The highest BCUT2D eigenvalue weighted by atomic mass is 32.1. The van der Waals surface area contributed by atoms with E-state index >= 15 is 0 Å². The van der Waals surface area contributed by atoms with Crippen molar-refractivity contribution >= 4 is 32.9 Å². The van der Waals surface area contributed by atoms with Gasteiger partial charge in [-0.15, -0.1) is 22.7 Å². The van der Waals surface area contributed by atoms with Gasteiger partial charge in [-0.25, -0.2) is 9.97 Å². The summed E-state index contributed by atoms with van der Waals surface area (Å²) in [4.78, 5) is 8.44. The van der Waals surface area contributed by atoms with Crippen LogP contribution in [0.3, 0.4) is 0 Å². The molecule has 16 heavy (non-hydrogen) atoms. The van der Waals surface area contributed by atoms with Crippen LogP contribution in [0.4, 0.5) is 10.3 Å². The van der Waals surface area contributed by atoms with E-state index in [0.29, 0.717) is 5.92 Å². The summed E-state index contributed by atoms with van der Waals surface area (Å²) in [7, 11) is 0. The summed E-state index contributed by atoms with van der Waals surface area (Å²) in [6.07, 6.45) is 3.75. The molecule has 0 aliphatic rings. The number of hydrogen-bond acceptors (Lipinski definition) is 6. The van der Waals surface area contributed by atoms with E-state index in [4.69, 9.17) is 0 Å². The molecule has 4 nitrogen and oxygen atoms in total. The zero-order chi connectivity index (χ0) is 11.4. The number of aromatic nitrogens is 2. The van der Waals surface area contributed by atoms with Crippen LogP contribution in [0.2, 0.25) is 0 Å². The molecule has 86 valence electrons. The van der Waals surface area contributed by atoms with E-state index in [9.17, 15) is 0 Å². The van der Waals surface area contributed by atoms with E-state index in [1.54, 1.807) is 35.1 Å². The first-order chi connectivity index (χ1) is 7.75. The van der Waals surface area contributed by atoms with Crippen LogP contribution in [0.15, 0.2) is 23.2 Å². The lowest BCUT2D eigenvalue weighted by Gasteiger charge is -2.22. The molecule has 0 atom stereocenters. The van der Waals surface area contributed by atoms with Gasteiger partial charge in [-0.3, -0.25) is 0 Å². The summed E-state index contributed by atoms with van der Waals surface area (Å²) >= 11 is 3.20. The van der Waals surface area contributed by atoms with Gasteiger partial charge in [-0.1, -0.05) is 13.8 Å². The molecule has 0 fully saturated rings. The van der Waals surface area contributed by atoms with Gasteiger partial charge in [-0.05, 0) is 5.92 Å². The van der Waals surface area contributed by atoms with Crippen molar-refractivity contribution in [2.24, 2.45) is 5.92 Å². The SMILES string of the molecule is CC(C)C(Nc1nccs1)Nc1nccs1. The standard InChI is InChI=1S/C10H14N4S2/c1-7(2)8(13-9-11-3-5-15-9)14-10-12-4-6-16-10/h3-8H,1-2H3,(H,11,13)(H,12,14). The van der Waals surface area contributed by atoms with Crippen molar-refractivity contribution < 1.29 is 0 Å². The molecule has 0 amide bonds. The maximum Gasteiger partial charge on any atom is 0.184 e. The first-order valence-electron chi connectivity index (χ1n) is 5.08. The lowest BCUT2D eigenvalue weighted by molar-refractivity contribution is 0.570. The van der Waals surface area contributed by atoms with Crippen molar-refractivity contribution in [1.82, 2.24) is 9.97 Å². The predicted molar refractivity (Wildman–Crippen MR) is 70.1 cm³/mol. The second-order valence-electron chi connectivity index (χ2n) is 3.68. The predicted octanol–water partition coefficient (Wildman–Crippen LogP) is 3.11. The van der Waals surface area contributed by atoms with Gasteiger partial charge in [0.2, 0.25) is 0 Å². The topological polar surface area (TPSA) is 49.8 Å². The summed E-state index contributed by atoms with van der Waals surface area (Å²) in [5.41, 5.74) is 0. The molecule has 0 aromatic carbocycles. The summed E-state index contributed by atoms with van der Waals surface area (Å²) < 4.78 is 0. The number of anilines is 2. The fourth-order valence-corrected chi connectivity index (χ4v) is 2.36. The van der Waals surface area contributed by atoms with E-state index in [1.807, 2.05) is 10.8 Å². The summed E-state index contributed by atoms with van der Waals surface area (Å²) in [5, 5.41) is 12.5. The maximum atomic E-state index is 4.22. The fraction of sp³-hybridized carbons (Fsp3) is 0.400.